The summed E-state index contributed by atoms with van der Waals surface area (Å²) >= 11 is 0. The number of alkyl halides is 3. The highest BCUT2D eigenvalue weighted by Gasteiger charge is 2.32. The van der Waals surface area contributed by atoms with Crippen LogP contribution < -0.4 is 15.9 Å². The summed E-state index contributed by atoms with van der Waals surface area (Å²) in [7, 11) is 1.54. The molecule has 0 saturated carbocycles. The van der Waals surface area contributed by atoms with E-state index in [2.05, 4.69) is 20.4 Å². The molecule has 3 aromatic rings. The van der Waals surface area contributed by atoms with Gasteiger partial charge in [0.2, 0.25) is 5.91 Å². The van der Waals surface area contributed by atoms with E-state index in [1.54, 1.807) is 18.5 Å². The number of aryl methyl sites for hydroxylation is 2. The average molecular weight is 484 g/mol. The molecule has 1 aliphatic rings. The molecule has 1 amide bonds. The number of imidazole rings is 1. The lowest BCUT2D eigenvalue weighted by Crippen LogP contribution is -2.25. The molecule has 0 spiro atoms. The molecule has 1 atom stereocenters. The number of aromatic nitrogens is 2. The highest BCUT2D eigenvalue weighted by atomic mass is 19.4. The highest BCUT2D eigenvalue weighted by Crippen LogP contribution is 2.33. The molecule has 4 rings (SSSR count). The number of fused-ring (bicyclic) bond motifs is 1. The number of aliphatic imine (C=N–C) groups is 1. The van der Waals surface area contributed by atoms with Crippen LogP contribution in [0.1, 0.15) is 28.8 Å². The van der Waals surface area contributed by atoms with Gasteiger partial charge in [-0.1, -0.05) is 6.07 Å². The Labute approximate surface area is 199 Å². The number of carbonyl (C=O) groups excluding carboxylic acids is 1. The van der Waals surface area contributed by atoms with Crippen LogP contribution in [-0.2, 0) is 17.4 Å². The maximum absolute atomic E-state index is 13.0. The fraction of sp³-hybridized carbons (Fsp3) is 0.250. The standard InChI is InChI=1S/C24H23F3N6O2/c1-14-12-33(13-30-14)21-8-4-16(10-22(21)35-2)20(32-28)11-29-19-6-3-15-9-17(24(25,26)27)5-7-18(15)31-23(19)34/h4-5,7-13,19H,3,6,28H2,1-2H3,(H,31,34). The summed E-state index contributed by atoms with van der Waals surface area (Å²) < 4.78 is 46.5. The molecule has 2 heterocycles. The molecule has 8 nitrogen and oxygen atoms in total. The van der Waals surface area contributed by atoms with Gasteiger partial charge in [0.1, 0.15) is 17.5 Å². The van der Waals surface area contributed by atoms with E-state index in [1.165, 1.54) is 19.4 Å². The number of hydrogen-bond donors (Lipinski definition) is 2. The first-order valence-corrected chi connectivity index (χ1v) is 10.7. The van der Waals surface area contributed by atoms with Crippen LogP contribution in [0.4, 0.5) is 18.9 Å². The van der Waals surface area contributed by atoms with Crippen LogP contribution in [0.2, 0.25) is 0 Å². The number of benzene rings is 2. The predicted octanol–water partition coefficient (Wildman–Crippen LogP) is 3.90. The van der Waals surface area contributed by atoms with Gasteiger partial charge in [0.15, 0.2) is 0 Å². The first-order valence-electron chi connectivity index (χ1n) is 10.7. The van der Waals surface area contributed by atoms with Crippen molar-refractivity contribution in [3.8, 4) is 11.4 Å². The molecule has 35 heavy (non-hydrogen) atoms. The van der Waals surface area contributed by atoms with E-state index in [1.807, 2.05) is 23.8 Å². The summed E-state index contributed by atoms with van der Waals surface area (Å²) in [5.41, 5.74) is 2.55. The monoisotopic (exact) mass is 484 g/mol. The number of nitrogens with one attached hydrogen (secondary N) is 1. The Kier molecular flexibility index (Phi) is 6.59. The SMILES string of the molecule is COc1cc(C(C=NC2CCc3cc(C(F)(F)F)ccc3NC2=O)=NN)ccc1-n1cnc(C)c1. The lowest BCUT2D eigenvalue weighted by molar-refractivity contribution is -0.137. The van der Waals surface area contributed by atoms with Gasteiger partial charge in [-0.25, -0.2) is 4.98 Å². The molecule has 182 valence electrons. The Morgan fingerprint density at radius 3 is 2.74 bits per heavy atom. The third kappa shape index (κ3) is 5.18. The summed E-state index contributed by atoms with van der Waals surface area (Å²) in [4.78, 5) is 21.2. The molecular formula is C24H23F3N6O2. The molecule has 1 aliphatic heterocycles. The minimum Gasteiger partial charge on any atom is -0.495 e. The predicted molar refractivity (Wildman–Crippen MR) is 126 cm³/mol. The van der Waals surface area contributed by atoms with Gasteiger partial charge in [0.05, 0.1) is 36.6 Å². The molecule has 0 fully saturated rings. The zero-order valence-corrected chi connectivity index (χ0v) is 19.0. The van der Waals surface area contributed by atoms with Crippen molar-refractivity contribution < 1.29 is 22.7 Å². The number of hydrogen-bond acceptors (Lipinski definition) is 6. The lowest BCUT2D eigenvalue weighted by Gasteiger charge is -2.12. The number of methoxy groups -OCH3 is 1. The molecule has 0 saturated heterocycles. The second-order valence-electron chi connectivity index (χ2n) is 8.01. The van der Waals surface area contributed by atoms with E-state index in [4.69, 9.17) is 10.6 Å². The summed E-state index contributed by atoms with van der Waals surface area (Å²) in [5, 5.41) is 6.45. The molecule has 1 aromatic heterocycles. The molecule has 0 aliphatic carbocycles. The van der Waals surface area contributed by atoms with Gasteiger partial charge >= 0.3 is 6.18 Å². The average Bonchev–Trinajstić information content (AvgIpc) is 3.19. The van der Waals surface area contributed by atoms with E-state index in [0.717, 1.165) is 23.5 Å². The van der Waals surface area contributed by atoms with Crippen LogP contribution in [0.5, 0.6) is 5.75 Å². The van der Waals surface area contributed by atoms with Crippen LogP contribution in [0.15, 0.2) is 59.0 Å². The second-order valence-corrected chi connectivity index (χ2v) is 8.01. The number of anilines is 1. The van der Waals surface area contributed by atoms with Gasteiger partial charge < -0.3 is 20.5 Å². The number of halogens is 3. The highest BCUT2D eigenvalue weighted by molar-refractivity contribution is 6.38. The molecule has 0 radical (unpaired) electrons. The molecule has 11 heteroatoms. The Hall–Kier alpha value is -4.15. The largest absolute Gasteiger partial charge is 0.495 e. The fourth-order valence-electron chi connectivity index (χ4n) is 3.83. The molecule has 1 unspecified atom stereocenters. The quantitative estimate of drug-likeness (QED) is 0.325. The van der Waals surface area contributed by atoms with Crippen molar-refractivity contribution in [2.24, 2.45) is 15.9 Å². The van der Waals surface area contributed by atoms with E-state index in [9.17, 15) is 18.0 Å². The van der Waals surface area contributed by atoms with Gasteiger partial charge in [-0.2, -0.15) is 18.3 Å². The minimum atomic E-state index is -4.46. The maximum Gasteiger partial charge on any atom is 0.416 e. The van der Waals surface area contributed by atoms with Gasteiger partial charge in [0.25, 0.3) is 0 Å². The topological polar surface area (TPSA) is 107 Å². The minimum absolute atomic E-state index is 0.233. The zero-order chi connectivity index (χ0) is 25.2. The molecule has 0 bridgehead atoms. The van der Waals surface area contributed by atoms with Crippen molar-refractivity contribution in [1.82, 2.24) is 9.55 Å². The van der Waals surface area contributed by atoms with Crippen molar-refractivity contribution in [3.05, 3.63) is 71.3 Å². The third-order valence-electron chi connectivity index (χ3n) is 5.66. The summed E-state index contributed by atoms with van der Waals surface area (Å²) in [6.07, 6.45) is 0.947. The summed E-state index contributed by atoms with van der Waals surface area (Å²) in [6.45, 7) is 1.88. The number of hydrazone groups is 1. The second kappa shape index (κ2) is 9.61. The molecule has 2 aromatic carbocycles. The van der Waals surface area contributed by atoms with Crippen LogP contribution in [0.25, 0.3) is 5.69 Å². The number of amides is 1. The number of nitrogens with two attached hydrogens (primary N) is 1. The zero-order valence-electron chi connectivity index (χ0n) is 19.0. The molecule has 3 N–H and O–H groups in total. The van der Waals surface area contributed by atoms with Crippen LogP contribution >= 0.6 is 0 Å². The van der Waals surface area contributed by atoms with E-state index in [0.29, 0.717) is 28.3 Å². The van der Waals surface area contributed by atoms with Crippen molar-refractivity contribution in [2.45, 2.75) is 32.0 Å². The molecular weight excluding hydrogens is 461 g/mol. The van der Waals surface area contributed by atoms with Gasteiger partial charge in [-0.15, -0.1) is 0 Å². The van der Waals surface area contributed by atoms with Crippen molar-refractivity contribution in [3.63, 3.8) is 0 Å². The van der Waals surface area contributed by atoms with E-state index < -0.39 is 23.7 Å². The van der Waals surface area contributed by atoms with Crippen molar-refractivity contribution in [1.29, 1.82) is 0 Å². The Bertz CT molecular complexity index is 1310. The van der Waals surface area contributed by atoms with Gasteiger partial charge in [-0.05, 0) is 55.7 Å². The number of nitrogens with zero attached hydrogens (tertiary/aromatic N) is 4. The van der Waals surface area contributed by atoms with Crippen molar-refractivity contribution >= 4 is 23.5 Å². The summed E-state index contributed by atoms with van der Waals surface area (Å²) in [5.74, 6) is 5.73. The van der Waals surface area contributed by atoms with Crippen LogP contribution in [0.3, 0.4) is 0 Å². The smallest absolute Gasteiger partial charge is 0.416 e. The normalized spacial score (nSPS) is 16.7. The lowest BCUT2D eigenvalue weighted by atomic mass is 10.0. The Morgan fingerprint density at radius 2 is 2.09 bits per heavy atom. The first kappa shape index (κ1) is 24.0. The number of carbonyl (C=O) groups is 1. The Balaban J connectivity index is 1.54. The van der Waals surface area contributed by atoms with Crippen molar-refractivity contribution in [2.75, 3.05) is 12.4 Å². The number of ether oxygens (including phenoxy) is 1. The first-order chi connectivity index (χ1) is 16.7. The number of rotatable bonds is 5. The van der Waals surface area contributed by atoms with E-state index in [-0.39, 0.29) is 12.8 Å². The van der Waals surface area contributed by atoms with Crippen LogP contribution in [0, 0.1) is 6.92 Å². The van der Waals surface area contributed by atoms with Crippen LogP contribution in [-0.4, -0.2) is 40.5 Å². The maximum atomic E-state index is 13.0. The Morgan fingerprint density at radius 1 is 1.29 bits per heavy atom. The van der Waals surface area contributed by atoms with E-state index >= 15 is 0 Å². The van der Waals surface area contributed by atoms with Gasteiger partial charge in [0, 0.05) is 17.4 Å². The summed E-state index contributed by atoms with van der Waals surface area (Å²) in [6, 6.07) is 7.81. The van der Waals surface area contributed by atoms with Gasteiger partial charge in [-0.3, -0.25) is 9.79 Å². The fourth-order valence-corrected chi connectivity index (χ4v) is 3.83. The third-order valence-corrected chi connectivity index (χ3v) is 5.66.